The minimum atomic E-state index is -1.03. The van der Waals surface area contributed by atoms with E-state index in [-0.39, 0.29) is 17.7 Å². The Morgan fingerprint density at radius 3 is 2.53 bits per heavy atom. The Balaban J connectivity index is 1.24. The van der Waals surface area contributed by atoms with Crippen molar-refractivity contribution in [3.8, 4) is 16.9 Å². The number of benzene rings is 2. The Morgan fingerprint density at radius 2 is 1.81 bits per heavy atom. The molecule has 36 heavy (non-hydrogen) atoms. The number of oxime groups is 1. The highest BCUT2D eigenvalue weighted by Crippen LogP contribution is 2.29. The first-order valence-electron chi connectivity index (χ1n) is 12.7. The van der Waals surface area contributed by atoms with Crippen LogP contribution < -0.4 is 4.74 Å². The lowest BCUT2D eigenvalue weighted by Gasteiger charge is -2.22. The SMILES string of the molecule is CC(C)C1ON=C(COC2CCCC2)C1COc1ccc(-c2ccc3nc(C(=O)O)ccc3c2)cc1. The molecule has 1 aliphatic heterocycles. The second kappa shape index (κ2) is 10.7. The predicted octanol–water partition coefficient (Wildman–Crippen LogP) is 5.97. The first-order valence-corrected chi connectivity index (χ1v) is 12.7. The molecule has 1 aromatic heterocycles. The average molecular weight is 489 g/mol. The van der Waals surface area contributed by atoms with Gasteiger partial charge >= 0.3 is 5.97 Å². The molecular formula is C29H32N2O5. The van der Waals surface area contributed by atoms with Crippen LogP contribution in [0.5, 0.6) is 5.75 Å². The number of pyridine rings is 1. The number of carboxylic acid groups (broad SMARTS) is 1. The summed E-state index contributed by atoms with van der Waals surface area (Å²) in [4.78, 5) is 21.1. The van der Waals surface area contributed by atoms with Crippen LogP contribution in [0.4, 0.5) is 0 Å². The van der Waals surface area contributed by atoms with Gasteiger partial charge in [-0.2, -0.15) is 0 Å². The fourth-order valence-corrected chi connectivity index (χ4v) is 4.98. The molecule has 0 radical (unpaired) electrons. The molecule has 2 aliphatic rings. The molecule has 1 N–H and O–H groups in total. The molecule has 2 unspecified atom stereocenters. The Bertz CT molecular complexity index is 1250. The maximum Gasteiger partial charge on any atom is 0.354 e. The van der Waals surface area contributed by atoms with E-state index in [9.17, 15) is 4.79 Å². The standard InChI is InChI=1S/C29H32N2O5/c1-18(2)28-24(27(31-36-28)17-35-22-5-3-4-6-22)16-34-23-11-7-19(8-12-23)20-9-13-25-21(15-20)10-14-26(30-25)29(32)33/h7-15,18,22,24,28H,3-6,16-17H2,1-2H3,(H,32,33). The van der Waals surface area contributed by atoms with E-state index in [2.05, 4.69) is 24.0 Å². The Hall–Kier alpha value is -3.45. The second-order valence-electron chi connectivity index (χ2n) is 9.97. The molecule has 0 amide bonds. The Morgan fingerprint density at radius 1 is 1.06 bits per heavy atom. The van der Waals surface area contributed by atoms with Crippen molar-refractivity contribution in [1.82, 2.24) is 4.98 Å². The Kier molecular flexibility index (Phi) is 7.18. The van der Waals surface area contributed by atoms with Crippen LogP contribution in [0.25, 0.3) is 22.0 Å². The maximum atomic E-state index is 11.2. The summed E-state index contributed by atoms with van der Waals surface area (Å²) in [6.07, 6.45) is 5.07. The number of fused-ring (bicyclic) bond motifs is 1. The van der Waals surface area contributed by atoms with Gasteiger partial charge in [0.25, 0.3) is 0 Å². The van der Waals surface area contributed by atoms with Crippen molar-refractivity contribution < 1.29 is 24.2 Å². The first kappa shape index (κ1) is 24.3. The molecule has 3 aromatic rings. The molecule has 2 atom stereocenters. The van der Waals surface area contributed by atoms with Crippen LogP contribution in [0.2, 0.25) is 0 Å². The fraction of sp³-hybridized carbons (Fsp3) is 0.414. The van der Waals surface area contributed by atoms with E-state index in [1.165, 1.54) is 18.9 Å². The number of rotatable bonds is 9. The van der Waals surface area contributed by atoms with Gasteiger partial charge in [0.15, 0.2) is 0 Å². The average Bonchev–Trinajstić information content (AvgIpc) is 3.55. The predicted molar refractivity (Wildman–Crippen MR) is 138 cm³/mol. The maximum absolute atomic E-state index is 11.2. The van der Waals surface area contributed by atoms with Crippen LogP contribution in [0.3, 0.4) is 0 Å². The summed E-state index contributed by atoms with van der Waals surface area (Å²) in [5, 5.41) is 14.4. The molecule has 1 saturated carbocycles. The summed E-state index contributed by atoms with van der Waals surface area (Å²) in [5.74, 6) is 0.149. The van der Waals surface area contributed by atoms with E-state index in [0.717, 1.165) is 40.8 Å². The number of aromatic carboxylic acids is 1. The van der Waals surface area contributed by atoms with Crippen molar-refractivity contribution in [2.24, 2.45) is 17.0 Å². The van der Waals surface area contributed by atoms with E-state index in [1.807, 2.05) is 42.5 Å². The van der Waals surface area contributed by atoms with E-state index < -0.39 is 5.97 Å². The molecule has 188 valence electrons. The van der Waals surface area contributed by atoms with Gasteiger partial charge in [0, 0.05) is 5.39 Å². The zero-order chi connectivity index (χ0) is 25.1. The van der Waals surface area contributed by atoms with E-state index in [4.69, 9.17) is 19.4 Å². The van der Waals surface area contributed by atoms with Crippen molar-refractivity contribution >= 4 is 22.6 Å². The van der Waals surface area contributed by atoms with Gasteiger partial charge < -0.3 is 19.4 Å². The highest BCUT2D eigenvalue weighted by atomic mass is 16.6. The zero-order valence-corrected chi connectivity index (χ0v) is 20.7. The van der Waals surface area contributed by atoms with Gasteiger partial charge in [-0.1, -0.05) is 56.1 Å². The quantitative estimate of drug-likeness (QED) is 0.399. The summed E-state index contributed by atoms with van der Waals surface area (Å²) in [7, 11) is 0. The number of ether oxygens (including phenoxy) is 2. The monoisotopic (exact) mass is 488 g/mol. The van der Waals surface area contributed by atoms with Crippen LogP contribution in [0.1, 0.15) is 50.0 Å². The number of carbonyl (C=O) groups is 1. The Labute approximate surface area is 211 Å². The molecule has 5 rings (SSSR count). The second-order valence-corrected chi connectivity index (χ2v) is 9.97. The van der Waals surface area contributed by atoms with E-state index >= 15 is 0 Å². The smallest absolute Gasteiger partial charge is 0.354 e. The number of carboxylic acids is 1. The lowest BCUT2D eigenvalue weighted by Crippen LogP contribution is -2.35. The third-order valence-corrected chi connectivity index (χ3v) is 7.07. The number of hydrogen-bond acceptors (Lipinski definition) is 6. The fourth-order valence-electron chi connectivity index (χ4n) is 4.98. The molecule has 1 fully saturated rings. The molecular weight excluding hydrogens is 456 g/mol. The minimum Gasteiger partial charge on any atom is -0.493 e. The number of nitrogens with zero attached hydrogens (tertiary/aromatic N) is 2. The molecule has 7 heteroatoms. The van der Waals surface area contributed by atoms with Gasteiger partial charge in [-0.05, 0) is 60.2 Å². The number of aromatic nitrogens is 1. The zero-order valence-electron chi connectivity index (χ0n) is 20.7. The highest BCUT2D eigenvalue weighted by molar-refractivity contribution is 5.91. The summed E-state index contributed by atoms with van der Waals surface area (Å²) >= 11 is 0. The molecule has 2 aromatic carbocycles. The molecule has 1 aliphatic carbocycles. The first-order chi connectivity index (χ1) is 17.5. The third-order valence-electron chi connectivity index (χ3n) is 7.07. The normalized spacial score (nSPS) is 20.0. The molecule has 0 bridgehead atoms. The van der Waals surface area contributed by atoms with Crippen molar-refractivity contribution in [3.63, 3.8) is 0 Å². The highest BCUT2D eigenvalue weighted by Gasteiger charge is 2.37. The van der Waals surface area contributed by atoms with Gasteiger partial charge in [-0.15, -0.1) is 0 Å². The van der Waals surface area contributed by atoms with E-state index in [0.29, 0.717) is 30.8 Å². The summed E-state index contributed by atoms with van der Waals surface area (Å²) in [6.45, 7) is 5.28. The molecule has 0 saturated heterocycles. The van der Waals surface area contributed by atoms with Crippen LogP contribution in [0, 0.1) is 11.8 Å². The summed E-state index contributed by atoms with van der Waals surface area (Å²) in [6, 6.07) is 17.1. The van der Waals surface area contributed by atoms with Crippen LogP contribution in [0.15, 0.2) is 59.8 Å². The molecule has 2 heterocycles. The molecule has 0 spiro atoms. The van der Waals surface area contributed by atoms with Crippen molar-refractivity contribution in [1.29, 1.82) is 0 Å². The molecule has 7 nitrogen and oxygen atoms in total. The lowest BCUT2D eigenvalue weighted by atomic mass is 9.91. The number of hydrogen-bond donors (Lipinski definition) is 1. The van der Waals surface area contributed by atoms with Gasteiger partial charge in [0.05, 0.1) is 29.9 Å². The van der Waals surface area contributed by atoms with Crippen LogP contribution in [-0.4, -0.2) is 47.2 Å². The van der Waals surface area contributed by atoms with Gasteiger partial charge in [-0.25, -0.2) is 9.78 Å². The van der Waals surface area contributed by atoms with Crippen molar-refractivity contribution in [2.75, 3.05) is 13.2 Å². The largest absolute Gasteiger partial charge is 0.493 e. The van der Waals surface area contributed by atoms with Crippen LogP contribution in [-0.2, 0) is 9.57 Å². The topological polar surface area (TPSA) is 90.2 Å². The van der Waals surface area contributed by atoms with Gasteiger partial charge in [0.1, 0.15) is 24.2 Å². The van der Waals surface area contributed by atoms with Crippen molar-refractivity contribution in [2.45, 2.75) is 51.7 Å². The minimum absolute atomic E-state index is 0.0145. The summed E-state index contributed by atoms with van der Waals surface area (Å²) in [5.41, 5.74) is 3.71. The lowest BCUT2D eigenvalue weighted by molar-refractivity contribution is 0.0176. The van der Waals surface area contributed by atoms with Gasteiger partial charge in [-0.3, -0.25) is 0 Å². The van der Waals surface area contributed by atoms with Crippen molar-refractivity contribution in [3.05, 3.63) is 60.3 Å². The van der Waals surface area contributed by atoms with Gasteiger partial charge in [0.2, 0.25) is 0 Å². The van der Waals surface area contributed by atoms with E-state index in [1.54, 1.807) is 6.07 Å². The van der Waals surface area contributed by atoms with Crippen LogP contribution >= 0.6 is 0 Å². The third kappa shape index (κ3) is 5.36. The summed E-state index contributed by atoms with van der Waals surface area (Å²) < 4.78 is 12.3.